The largest absolute Gasteiger partial charge is 0.492 e. The molecule has 156 valence electrons. The van der Waals surface area contributed by atoms with Crippen LogP contribution in [-0.4, -0.2) is 32.9 Å². The molecule has 0 radical (unpaired) electrons. The second kappa shape index (κ2) is 9.73. The molecule has 0 saturated heterocycles. The van der Waals surface area contributed by atoms with E-state index in [-0.39, 0.29) is 15.8 Å². The van der Waals surface area contributed by atoms with Gasteiger partial charge in [-0.15, -0.1) is 0 Å². The first-order valence-corrected chi connectivity index (χ1v) is 10.6. The molecule has 8 nitrogen and oxygen atoms in total. The summed E-state index contributed by atoms with van der Waals surface area (Å²) in [7, 11) is -3.98. The summed E-state index contributed by atoms with van der Waals surface area (Å²) < 4.78 is 32.7. The molecular weight excluding hydrogens is 418 g/mol. The average Bonchev–Trinajstić information content (AvgIpc) is 2.62. The molecule has 0 aliphatic carbocycles. The van der Waals surface area contributed by atoms with Crippen molar-refractivity contribution in [3.8, 4) is 5.75 Å². The maximum atomic E-state index is 12.6. The Balaban J connectivity index is 2.08. The minimum absolute atomic E-state index is 0.0849. The molecule has 2 rings (SSSR count). The number of carbonyl (C=O) groups is 2. The zero-order valence-electron chi connectivity index (χ0n) is 16.2. The monoisotopic (exact) mass is 439 g/mol. The van der Waals surface area contributed by atoms with Crippen molar-refractivity contribution in [3.63, 3.8) is 0 Å². The van der Waals surface area contributed by atoms with Crippen molar-refractivity contribution in [3.05, 3.63) is 47.5 Å². The second-order valence-corrected chi connectivity index (χ2v) is 8.24. The summed E-state index contributed by atoms with van der Waals surface area (Å²) in [6.07, 6.45) is 0. The highest BCUT2D eigenvalue weighted by Crippen LogP contribution is 2.27. The topological polar surface area (TPSA) is 114 Å². The third-order valence-electron chi connectivity index (χ3n) is 3.69. The molecule has 1 atom stereocenters. The minimum Gasteiger partial charge on any atom is -0.492 e. The van der Waals surface area contributed by atoms with Gasteiger partial charge in [-0.05, 0) is 50.2 Å². The summed E-state index contributed by atoms with van der Waals surface area (Å²) in [4.78, 5) is 23.4. The Morgan fingerprint density at radius 2 is 1.76 bits per heavy atom. The van der Waals surface area contributed by atoms with Crippen LogP contribution >= 0.6 is 11.6 Å². The van der Waals surface area contributed by atoms with Crippen LogP contribution in [0, 0.1) is 0 Å². The van der Waals surface area contributed by atoms with Crippen molar-refractivity contribution in [1.82, 2.24) is 4.72 Å². The molecule has 3 N–H and O–H groups in total. The van der Waals surface area contributed by atoms with Crippen molar-refractivity contribution in [2.45, 2.75) is 31.7 Å². The van der Waals surface area contributed by atoms with Crippen molar-refractivity contribution in [2.24, 2.45) is 0 Å². The molecule has 2 amide bonds. The van der Waals surface area contributed by atoms with Crippen LogP contribution in [0.5, 0.6) is 5.75 Å². The molecule has 0 aromatic heterocycles. The van der Waals surface area contributed by atoms with Crippen LogP contribution in [0.4, 0.5) is 11.4 Å². The van der Waals surface area contributed by atoms with Gasteiger partial charge in [0.1, 0.15) is 5.75 Å². The number of amides is 2. The van der Waals surface area contributed by atoms with Crippen LogP contribution < -0.4 is 20.1 Å². The lowest BCUT2D eigenvalue weighted by Crippen LogP contribution is -2.41. The molecule has 2 aromatic carbocycles. The molecule has 0 bridgehead atoms. The van der Waals surface area contributed by atoms with Crippen LogP contribution in [0.25, 0.3) is 0 Å². The number of ether oxygens (including phenoxy) is 1. The maximum Gasteiger partial charge on any atom is 0.242 e. The first-order valence-electron chi connectivity index (χ1n) is 8.75. The number of hydrogen-bond acceptors (Lipinski definition) is 5. The van der Waals surface area contributed by atoms with Gasteiger partial charge in [0, 0.05) is 18.3 Å². The van der Waals surface area contributed by atoms with Gasteiger partial charge in [-0.3, -0.25) is 9.59 Å². The first kappa shape index (κ1) is 22.7. The highest BCUT2D eigenvalue weighted by atomic mass is 35.5. The summed E-state index contributed by atoms with van der Waals surface area (Å²) in [5.74, 6) is -0.438. The van der Waals surface area contributed by atoms with E-state index in [9.17, 15) is 18.0 Å². The lowest BCUT2D eigenvalue weighted by molar-refractivity contribution is -0.117. The standard InChI is InChI=1S/C19H22ClN3O5S/c1-4-28-18-9-8-16(11-17(18)20)29(26,27)23-12(2)19(25)22-15-7-5-6-14(10-15)21-13(3)24/h5-12,23H,4H2,1-3H3,(H,21,24)(H,22,25)/t12-/m1/s1. The summed E-state index contributed by atoms with van der Waals surface area (Å²) >= 11 is 6.04. The molecule has 0 fully saturated rings. The normalized spacial score (nSPS) is 12.1. The number of sulfonamides is 1. The van der Waals surface area contributed by atoms with Gasteiger partial charge in [0.05, 0.1) is 22.6 Å². The quantitative estimate of drug-likeness (QED) is 0.585. The van der Waals surface area contributed by atoms with Gasteiger partial charge in [0.2, 0.25) is 21.8 Å². The predicted octanol–water partition coefficient (Wildman–Crippen LogP) is 3.00. The van der Waals surface area contributed by atoms with Gasteiger partial charge >= 0.3 is 0 Å². The Morgan fingerprint density at radius 1 is 1.10 bits per heavy atom. The Labute approximate surface area is 174 Å². The maximum absolute atomic E-state index is 12.6. The van der Waals surface area contributed by atoms with Crippen LogP contribution in [0.1, 0.15) is 20.8 Å². The van der Waals surface area contributed by atoms with Crippen LogP contribution in [0.2, 0.25) is 5.02 Å². The molecule has 0 spiro atoms. The average molecular weight is 440 g/mol. The number of benzene rings is 2. The van der Waals surface area contributed by atoms with E-state index in [2.05, 4.69) is 15.4 Å². The summed E-state index contributed by atoms with van der Waals surface area (Å²) in [5, 5.41) is 5.36. The van der Waals surface area contributed by atoms with Crippen LogP contribution in [0.3, 0.4) is 0 Å². The molecule has 0 unspecified atom stereocenters. The molecule has 0 heterocycles. The van der Waals surface area contributed by atoms with E-state index in [1.54, 1.807) is 31.2 Å². The summed E-state index contributed by atoms with van der Waals surface area (Å²) in [5.41, 5.74) is 0.920. The molecule has 0 aliphatic heterocycles. The lowest BCUT2D eigenvalue weighted by atomic mass is 10.2. The fourth-order valence-corrected chi connectivity index (χ4v) is 3.93. The lowest BCUT2D eigenvalue weighted by Gasteiger charge is -2.15. The van der Waals surface area contributed by atoms with Crippen molar-refractivity contribution in [2.75, 3.05) is 17.2 Å². The molecule has 2 aromatic rings. The Kier molecular flexibility index (Phi) is 7.60. The molecule has 29 heavy (non-hydrogen) atoms. The zero-order chi connectivity index (χ0) is 21.6. The smallest absolute Gasteiger partial charge is 0.242 e. The molecule has 10 heteroatoms. The van der Waals surface area contributed by atoms with E-state index in [1.165, 1.54) is 32.0 Å². The Bertz CT molecular complexity index is 1010. The number of rotatable bonds is 8. The number of halogens is 1. The SMILES string of the molecule is CCOc1ccc(S(=O)(=O)N[C@H](C)C(=O)Nc2cccc(NC(C)=O)c2)cc1Cl. The molecule has 0 aliphatic rings. The van der Waals surface area contributed by atoms with E-state index in [0.717, 1.165) is 0 Å². The fourth-order valence-electron chi connectivity index (χ4n) is 2.40. The van der Waals surface area contributed by atoms with Crippen molar-refractivity contribution >= 4 is 44.8 Å². The Hall–Kier alpha value is -2.62. The van der Waals surface area contributed by atoms with Crippen molar-refractivity contribution < 1.29 is 22.7 Å². The van der Waals surface area contributed by atoms with Gasteiger partial charge in [-0.25, -0.2) is 8.42 Å². The summed E-state index contributed by atoms with van der Waals surface area (Å²) in [6, 6.07) is 9.50. The van der Waals surface area contributed by atoms with E-state index in [1.807, 2.05) is 0 Å². The zero-order valence-corrected chi connectivity index (χ0v) is 17.7. The van der Waals surface area contributed by atoms with Gasteiger partial charge in [0.15, 0.2) is 0 Å². The molecular formula is C19H22ClN3O5S. The highest BCUT2D eigenvalue weighted by Gasteiger charge is 2.23. The fraction of sp³-hybridized carbons (Fsp3) is 0.263. The first-order chi connectivity index (χ1) is 13.6. The predicted molar refractivity (Wildman–Crippen MR) is 112 cm³/mol. The van der Waals surface area contributed by atoms with E-state index < -0.39 is 22.0 Å². The number of carbonyl (C=O) groups excluding carboxylic acids is 2. The third-order valence-corrected chi connectivity index (χ3v) is 5.52. The van der Waals surface area contributed by atoms with Crippen LogP contribution in [-0.2, 0) is 19.6 Å². The van der Waals surface area contributed by atoms with E-state index in [4.69, 9.17) is 16.3 Å². The van der Waals surface area contributed by atoms with Gasteiger partial charge in [-0.1, -0.05) is 17.7 Å². The third kappa shape index (κ3) is 6.45. The summed E-state index contributed by atoms with van der Waals surface area (Å²) in [6.45, 7) is 4.97. The van der Waals surface area contributed by atoms with Crippen LogP contribution in [0.15, 0.2) is 47.4 Å². The molecule has 0 saturated carbocycles. The van der Waals surface area contributed by atoms with Gasteiger partial charge in [-0.2, -0.15) is 4.72 Å². The number of hydrogen-bond donors (Lipinski definition) is 3. The highest BCUT2D eigenvalue weighted by molar-refractivity contribution is 7.89. The van der Waals surface area contributed by atoms with E-state index >= 15 is 0 Å². The van der Waals surface area contributed by atoms with Gasteiger partial charge in [0.25, 0.3) is 0 Å². The van der Waals surface area contributed by atoms with Gasteiger partial charge < -0.3 is 15.4 Å². The number of anilines is 2. The Morgan fingerprint density at radius 3 is 2.34 bits per heavy atom. The van der Waals surface area contributed by atoms with E-state index in [0.29, 0.717) is 23.7 Å². The number of nitrogens with one attached hydrogen (secondary N) is 3. The second-order valence-electron chi connectivity index (χ2n) is 6.12. The van der Waals surface area contributed by atoms with Crippen molar-refractivity contribution in [1.29, 1.82) is 0 Å². The minimum atomic E-state index is -3.98.